The maximum atomic E-state index is 12.5. The third kappa shape index (κ3) is 2.86. The minimum Gasteiger partial charge on any atom is -0.454 e. The molecule has 0 spiro atoms. The molecule has 0 aliphatic carbocycles. The zero-order valence-corrected chi connectivity index (χ0v) is 14.5. The van der Waals surface area contributed by atoms with E-state index in [0.29, 0.717) is 27.4 Å². The van der Waals surface area contributed by atoms with Crippen LogP contribution in [0.25, 0.3) is 0 Å². The number of nitrogens with one attached hydrogen (secondary N) is 1. The molecule has 0 saturated carbocycles. The minimum atomic E-state index is -0.610. The van der Waals surface area contributed by atoms with Crippen LogP contribution in [0.2, 0.25) is 10.2 Å². The van der Waals surface area contributed by atoms with E-state index in [1.165, 1.54) is 0 Å². The lowest BCUT2D eigenvalue weighted by Gasteiger charge is -2.27. The molecule has 1 N–H and O–H groups in total. The second kappa shape index (κ2) is 5.65. The van der Waals surface area contributed by atoms with E-state index in [0.717, 1.165) is 5.56 Å². The van der Waals surface area contributed by atoms with Crippen LogP contribution in [0.1, 0.15) is 29.9 Å². The fourth-order valence-electron chi connectivity index (χ4n) is 2.47. The molecule has 1 aliphatic heterocycles. The minimum absolute atomic E-state index is 0.214. The van der Waals surface area contributed by atoms with E-state index in [1.54, 1.807) is 17.7 Å². The summed E-state index contributed by atoms with van der Waals surface area (Å²) in [6.07, 6.45) is 0. The number of nitrogens with zero attached hydrogens (tertiary/aromatic N) is 1. The molecule has 2 heterocycles. The van der Waals surface area contributed by atoms with Gasteiger partial charge in [0.25, 0.3) is 5.91 Å². The number of fused-ring (bicyclic) bond motifs is 1. The van der Waals surface area contributed by atoms with Crippen LogP contribution in [0.5, 0.6) is 11.5 Å². The number of hydrogen-bond donors (Lipinski definition) is 1. The summed E-state index contributed by atoms with van der Waals surface area (Å²) in [4.78, 5) is 12.5. The smallest absolute Gasteiger partial charge is 0.268 e. The SMILES string of the molecule is Cn1c(C(=O)NC(C)(C)c2ccc3c(c2)OCO3)cc(Cl)c1Cl. The predicted octanol–water partition coefficient (Wildman–Crippen LogP) is 3.73. The number of hydrogen-bond acceptors (Lipinski definition) is 3. The molecule has 0 atom stereocenters. The molecule has 23 heavy (non-hydrogen) atoms. The Labute approximate surface area is 144 Å². The van der Waals surface area contributed by atoms with Gasteiger partial charge in [0.05, 0.1) is 10.6 Å². The van der Waals surface area contributed by atoms with Crippen molar-refractivity contribution in [2.24, 2.45) is 7.05 Å². The topological polar surface area (TPSA) is 52.5 Å². The Hall–Kier alpha value is -1.85. The average molecular weight is 355 g/mol. The van der Waals surface area contributed by atoms with E-state index in [4.69, 9.17) is 32.7 Å². The Morgan fingerprint density at radius 1 is 1.22 bits per heavy atom. The van der Waals surface area contributed by atoms with Gasteiger partial charge in [-0.25, -0.2) is 0 Å². The van der Waals surface area contributed by atoms with E-state index < -0.39 is 5.54 Å². The van der Waals surface area contributed by atoms with Gasteiger partial charge in [0, 0.05) is 7.05 Å². The fourth-order valence-corrected chi connectivity index (χ4v) is 2.84. The molecule has 7 heteroatoms. The average Bonchev–Trinajstić information content (AvgIpc) is 3.06. The fraction of sp³-hybridized carbons (Fsp3) is 0.312. The molecule has 3 rings (SSSR count). The van der Waals surface area contributed by atoms with Gasteiger partial charge in [0.1, 0.15) is 10.8 Å². The van der Waals surface area contributed by atoms with Crippen molar-refractivity contribution in [3.8, 4) is 11.5 Å². The highest BCUT2D eigenvalue weighted by Crippen LogP contribution is 2.35. The van der Waals surface area contributed by atoms with Crippen molar-refractivity contribution < 1.29 is 14.3 Å². The standard InChI is InChI=1S/C16H16Cl2N2O3/c1-16(2,9-4-5-12-13(6-9)23-8-22-12)19-15(21)11-7-10(17)14(18)20(11)3/h4-7H,8H2,1-3H3,(H,19,21). The van der Waals surface area contributed by atoms with Gasteiger partial charge in [-0.05, 0) is 37.6 Å². The first-order chi connectivity index (χ1) is 10.8. The van der Waals surface area contributed by atoms with Crippen LogP contribution in [0.3, 0.4) is 0 Å². The second-order valence-corrected chi connectivity index (χ2v) is 6.64. The molecule has 1 aromatic heterocycles. The molecule has 122 valence electrons. The van der Waals surface area contributed by atoms with E-state index in [-0.39, 0.29) is 12.7 Å². The highest BCUT2D eigenvalue weighted by Gasteiger charge is 2.27. The number of carbonyl (C=O) groups is 1. The zero-order valence-electron chi connectivity index (χ0n) is 12.9. The van der Waals surface area contributed by atoms with Gasteiger partial charge in [0.2, 0.25) is 6.79 Å². The Bertz CT molecular complexity index is 784. The first-order valence-corrected chi connectivity index (χ1v) is 7.78. The third-order valence-electron chi connectivity index (χ3n) is 3.87. The van der Waals surface area contributed by atoms with Crippen molar-refractivity contribution in [2.45, 2.75) is 19.4 Å². The maximum Gasteiger partial charge on any atom is 0.268 e. The Balaban J connectivity index is 1.85. The summed E-state index contributed by atoms with van der Waals surface area (Å²) in [5.74, 6) is 1.12. The van der Waals surface area contributed by atoms with E-state index in [2.05, 4.69) is 5.32 Å². The van der Waals surface area contributed by atoms with E-state index in [1.807, 2.05) is 32.0 Å². The highest BCUT2D eigenvalue weighted by molar-refractivity contribution is 6.41. The molecule has 5 nitrogen and oxygen atoms in total. The normalized spacial score (nSPS) is 13.3. The van der Waals surface area contributed by atoms with E-state index in [9.17, 15) is 4.79 Å². The number of halogens is 2. The van der Waals surface area contributed by atoms with Crippen LogP contribution < -0.4 is 14.8 Å². The molecular formula is C16H16Cl2N2O3. The quantitative estimate of drug-likeness (QED) is 0.913. The second-order valence-electron chi connectivity index (χ2n) is 5.87. The summed E-state index contributed by atoms with van der Waals surface area (Å²) in [7, 11) is 1.69. The van der Waals surface area contributed by atoms with Gasteiger partial charge >= 0.3 is 0 Å². The van der Waals surface area contributed by atoms with Crippen LogP contribution in [0, 0.1) is 0 Å². The van der Waals surface area contributed by atoms with Crippen LogP contribution >= 0.6 is 23.2 Å². The molecule has 2 aromatic rings. The van der Waals surface area contributed by atoms with Crippen molar-refractivity contribution in [3.63, 3.8) is 0 Å². The molecule has 1 amide bonds. The Morgan fingerprint density at radius 2 is 1.91 bits per heavy atom. The summed E-state index contributed by atoms with van der Waals surface area (Å²) >= 11 is 12.0. The molecule has 0 fully saturated rings. The number of aromatic nitrogens is 1. The Kier molecular flexibility index (Phi) is 3.94. The van der Waals surface area contributed by atoms with Crippen molar-refractivity contribution in [1.29, 1.82) is 0 Å². The van der Waals surface area contributed by atoms with Gasteiger partial charge in [-0.1, -0.05) is 29.3 Å². The number of rotatable bonds is 3. The lowest BCUT2D eigenvalue weighted by molar-refractivity contribution is 0.0903. The van der Waals surface area contributed by atoms with Gasteiger partial charge < -0.3 is 19.4 Å². The molecule has 0 saturated heterocycles. The van der Waals surface area contributed by atoms with Crippen molar-refractivity contribution in [2.75, 3.05) is 6.79 Å². The summed E-state index contributed by atoms with van der Waals surface area (Å²) in [6, 6.07) is 7.16. The largest absolute Gasteiger partial charge is 0.454 e. The third-order valence-corrected chi connectivity index (χ3v) is 4.71. The van der Waals surface area contributed by atoms with Crippen LogP contribution in [0.15, 0.2) is 24.3 Å². The molecular weight excluding hydrogens is 339 g/mol. The molecule has 1 aliphatic rings. The molecule has 0 bridgehead atoms. The van der Waals surface area contributed by atoms with Crippen LogP contribution in [-0.2, 0) is 12.6 Å². The van der Waals surface area contributed by atoms with Gasteiger partial charge in [-0.15, -0.1) is 0 Å². The highest BCUT2D eigenvalue weighted by atomic mass is 35.5. The number of ether oxygens (including phenoxy) is 2. The van der Waals surface area contributed by atoms with E-state index >= 15 is 0 Å². The molecule has 1 aromatic carbocycles. The first-order valence-electron chi connectivity index (χ1n) is 7.03. The molecule has 0 radical (unpaired) electrons. The van der Waals surface area contributed by atoms with Crippen LogP contribution in [-0.4, -0.2) is 17.3 Å². The predicted molar refractivity (Wildman–Crippen MR) is 88.5 cm³/mol. The maximum absolute atomic E-state index is 12.5. The number of benzene rings is 1. The van der Waals surface area contributed by atoms with Gasteiger partial charge in [-0.3, -0.25) is 4.79 Å². The Morgan fingerprint density at radius 3 is 2.57 bits per heavy atom. The monoisotopic (exact) mass is 354 g/mol. The van der Waals surface area contributed by atoms with Crippen molar-refractivity contribution in [1.82, 2.24) is 9.88 Å². The first kappa shape index (κ1) is 16.0. The summed E-state index contributed by atoms with van der Waals surface area (Å²) < 4.78 is 12.2. The summed E-state index contributed by atoms with van der Waals surface area (Å²) in [5.41, 5.74) is 0.691. The lowest BCUT2D eigenvalue weighted by Crippen LogP contribution is -2.41. The van der Waals surface area contributed by atoms with Crippen molar-refractivity contribution in [3.05, 3.63) is 45.7 Å². The summed E-state index contributed by atoms with van der Waals surface area (Å²) in [6.45, 7) is 4.04. The van der Waals surface area contributed by atoms with Crippen molar-refractivity contribution >= 4 is 29.1 Å². The van der Waals surface area contributed by atoms with Gasteiger partial charge in [-0.2, -0.15) is 0 Å². The molecule has 0 unspecified atom stereocenters. The number of amides is 1. The summed E-state index contributed by atoms with van der Waals surface area (Å²) in [5, 5.41) is 3.67. The number of carbonyl (C=O) groups excluding carboxylic acids is 1. The zero-order chi connectivity index (χ0) is 16.8. The lowest BCUT2D eigenvalue weighted by atomic mass is 9.93. The van der Waals surface area contributed by atoms with Gasteiger partial charge in [0.15, 0.2) is 11.5 Å². The van der Waals surface area contributed by atoms with Crippen LogP contribution in [0.4, 0.5) is 0 Å².